The van der Waals surface area contributed by atoms with Gasteiger partial charge in [-0.3, -0.25) is 0 Å². The van der Waals surface area contributed by atoms with Gasteiger partial charge in [-0.1, -0.05) is 20.4 Å². The largest absolute Gasteiger partial charge is 0.380 e. The molecule has 0 aliphatic heterocycles. The van der Waals surface area contributed by atoms with Crippen molar-refractivity contribution in [3.05, 3.63) is 12.3 Å². The van der Waals surface area contributed by atoms with E-state index in [2.05, 4.69) is 25.7 Å². The second-order valence-corrected chi connectivity index (χ2v) is 3.30. The molecule has 0 spiro atoms. The Morgan fingerprint density at radius 1 is 1.64 bits per heavy atom. The summed E-state index contributed by atoms with van der Waals surface area (Å²) in [6, 6.07) is -0.0625. The SMILES string of the molecule is C=C(C)N[C@H](C=O)CC(C)C. The Hall–Kier alpha value is -0.790. The summed E-state index contributed by atoms with van der Waals surface area (Å²) in [7, 11) is 0. The zero-order valence-corrected chi connectivity index (χ0v) is 7.55. The van der Waals surface area contributed by atoms with E-state index in [9.17, 15) is 4.79 Å². The smallest absolute Gasteiger partial charge is 0.142 e. The first-order chi connectivity index (χ1) is 5.06. The number of hydrogen-bond acceptors (Lipinski definition) is 2. The van der Waals surface area contributed by atoms with Crippen LogP contribution in [0.3, 0.4) is 0 Å². The maximum atomic E-state index is 10.5. The fourth-order valence-electron chi connectivity index (χ4n) is 0.973. The van der Waals surface area contributed by atoms with Crippen LogP contribution < -0.4 is 5.32 Å². The summed E-state index contributed by atoms with van der Waals surface area (Å²) in [5.74, 6) is 0.539. The van der Waals surface area contributed by atoms with Crippen LogP contribution in [0.5, 0.6) is 0 Å². The molecule has 0 aromatic heterocycles. The summed E-state index contributed by atoms with van der Waals surface area (Å²) in [5.41, 5.74) is 0.850. The van der Waals surface area contributed by atoms with Crippen LogP contribution in [0.25, 0.3) is 0 Å². The maximum absolute atomic E-state index is 10.5. The zero-order chi connectivity index (χ0) is 8.85. The van der Waals surface area contributed by atoms with Crippen molar-refractivity contribution in [2.45, 2.75) is 33.2 Å². The van der Waals surface area contributed by atoms with Gasteiger partial charge in [0.15, 0.2) is 0 Å². The fourth-order valence-corrected chi connectivity index (χ4v) is 0.973. The third-order valence-corrected chi connectivity index (χ3v) is 1.32. The molecule has 2 nitrogen and oxygen atoms in total. The van der Waals surface area contributed by atoms with Gasteiger partial charge in [-0.15, -0.1) is 0 Å². The Bertz CT molecular complexity index is 140. The van der Waals surface area contributed by atoms with E-state index in [1.807, 2.05) is 6.92 Å². The molecule has 0 aliphatic carbocycles. The minimum Gasteiger partial charge on any atom is -0.380 e. The van der Waals surface area contributed by atoms with Crippen LogP contribution in [0.15, 0.2) is 12.3 Å². The first-order valence-electron chi connectivity index (χ1n) is 3.93. The van der Waals surface area contributed by atoms with Gasteiger partial charge in [0.25, 0.3) is 0 Å². The number of hydrogen-bond donors (Lipinski definition) is 1. The Morgan fingerprint density at radius 2 is 2.18 bits per heavy atom. The highest BCUT2D eigenvalue weighted by atomic mass is 16.1. The van der Waals surface area contributed by atoms with Gasteiger partial charge in [-0.2, -0.15) is 0 Å². The van der Waals surface area contributed by atoms with Crippen LogP contribution in [0.1, 0.15) is 27.2 Å². The summed E-state index contributed by atoms with van der Waals surface area (Å²) in [5, 5.41) is 3.00. The minimum absolute atomic E-state index is 0.0625. The predicted octanol–water partition coefficient (Wildman–Crippen LogP) is 1.72. The van der Waals surface area contributed by atoms with E-state index in [1.54, 1.807) is 0 Å². The normalized spacial score (nSPS) is 12.7. The van der Waals surface area contributed by atoms with Crippen LogP contribution in [0, 0.1) is 5.92 Å². The molecule has 1 atom stereocenters. The number of carbonyl (C=O) groups is 1. The number of aldehydes is 1. The molecule has 0 aliphatic rings. The average Bonchev–Trinajstić information content (AvgIpc) is 1.84. The molecule has 1 N–H and O–H groups in total. The molecule has 0 unspecified atom stereocenters. The number of nitrogens with one attached hydrogen (secondary N) is 1. The van der Waals surface area contributed by atoms with E-state index in [0.29, 0.717) is 5.92 Å². The molecule has 2 heteroatoms. The topological polar surface area (TPSA) is 29.1 Å². The van der Waals surface area contributed by atoms with E-state index < -0.39 is 0 Å². The van der Waals surface area contributed by atoms with Gasteiger partial charge in [0, 0.05) is 5.70 Å². The van der Waals surface area contributed by atoms with Crippen molar-refractivity contribution in [1.82, 2.24) is 5.32 Å². The van der Waals surface area contributed by atoms with Crippen molar-refractivity contribution >= 4 is 6.29 Å². The lowest BCUT2D eigenvalue weighted by Crippen LogP contribution is -2.29. The first kappa shape index (κ1) is 10.2. The zero-order valence-electron chi connectivity index (χ0n) is 7.55. The molecule has 0 saturated carbocycles. The van der Waals surface area contributed by atoms with Crippen LogP contribution in [-0.2, 0) is 4.79 Å². The van der Waals surface area contributed by atoms with Gasteiger partial charge in [0.1, 0.15) is 6.29 Å². The highest BCUT2D eigenvalue weighted by molar-refractivity contribution is 5.57. The van der Waals surface area contributed by atoms with Crippen LogP contribution in [-0.4, -0.2) is 12.3 Å². The Labute approximate surface area is 68.7 Å². The quantitative estimate of drug-likeness (QED) is 0.612. The van der Waals surface area contributed by atoms with Crippen molar-refractivity contribution in [3.63, 3.8) is 0 Å². The van der Waals surface area contributed by atoms with Crippen molar-refractivity contribution in [1.29, 1.82) is 0 Å². The van der Waals surface area contributed by atoms with Crippen molar-refractivity contribution in [3.8, 4) is 0 Å². The summed E-state index contributed by atoms with van der Waals surface area (Å²) in [6.07, 6.45) is 1.81. The molecule has 0 bridgehead atoms. The molecule has 0 radical (unpaired) electrons. The van der Waals surface area contributed by atoms with Gasteiger partial charge in [-0.05, 0) is 19.3 Å². The van der Waals surface area contributed by atoms with Gasteiger partial charge in [0.05, 0.1) is 6.04 Å². The van der Waals surface area contributed by atoms with E-state index in [1.165, 1.54) is 0 Å². The van der Waals surface area contributed by atoms with Gasteiger partial charge in [-0.25, -0.2) is 0 Å². The summed E-state index contributed by atoms with van der Waals surface area (Å²) in [6.45, 7) is 9.73. The van der Waals surface area contributed by atoms with Crippen molar-refractivity contribution in [2.24, 2.45) is 5.92 Å². The second-order valence-electron chi connectivity index (χ2n) is 3.30. The standard InChI is InChI=1S/C9H17NO/c1-7(2)5-9(6-11)10-8(3)4/h6-7,9-10H,3,5H2,1-2,4H3/t9-/m0/s1. The predicted molar refractivity (Wildman–Crippen MR) is 47.3 cm³/mol. The van der Waals surface area contributed by atoms with Gasteiger partial charge in [0.2, 0.25) is 0 Å². The average molecular weight is 155 g/mol. The molecular formula is C9H17NO. The number of allylic oxidation sites excluding steroid dienone is 1. The summed E-state index contributed by atoms with van der Waals surface area (Å²) in [4.78, 5) is 10.5. The molecule has 11 heavy (non-hydrogen) atoms. The van der Waals surface area contributed by atoms with Crippen LogP contribution in [0.2, 0.25) is 0 Å². The van der Waals surface area contributed by atoms with Crippen molar-refractivity contribution in [2.75, 3.05) is 0 Å². The molecule has 0 saturated heterocycles. The maximum Gasteiger partial charge on any atom is 0.142 e. The molecule has 0 fully saturated rings. The molecule has 0 amide bonds. The van der Waals surface area contributed by atoms with Gasteiger partial charge >= 0.3 is 0 Å². The number of carbonyl (C=O) groups excluding carboxylic acids is 1. The van der Waals surface area contributed by atoms with Gasteiger partial charge < -0.3 is 10.1 Å². The third-order valence-electron chi connectivity index (χ3n) is 1.32. The Kier molecular flexibility index (Phi) is 4.59. The summed E-state index contributed by atoms with van der Waals surface area (Å²) < 4.78 is 0. The van der Waals surface area contributed by atoms with Crippen molar-refractivity contribution < 1.29 is 4.79 Å². The highest BCUT2D eigenvalue weighted by Gasteiger charge is 2.07. The fraction of sp³-hybridized carbons (Fsp3) is 0.667. The lowest BCUT2D eigenvalue weighted by molar-refractivity contribution is -0.109. The van der Waals surface area contributed by atoms with E-state index in [0.717, 1.165) is 18.4 Å². The Balaban J connectivity index is 3.76. The number of rotatable bonds is 5. The van der Waals surface area contributed by atoms with E-state index >= 15 is 0 Å². The van der Waals surface area contributed by atoms with Crippen LogP contribution >= 0.6 is 0 Å². The third kappa shape index (κ3) is 5.64. The molecular weight excluding hydrogens is 138 g/mol. The lowest BCUT2D eigenvalue weighted by atomic mass is 10.1. The lowest BCUT2D eigenvalue weighted by Gasteiger charge is -2.15. The van der Waals surface area contributed by atoms with E-state index in [4.69, 9.17) is 0 Å². The summed E-state index contributed by atoms with van der Waals surface area (Å²) >= 11 is 0. The molecule has 0 aromatic rings. The molecule has 0 heterocycles. The molecule has 0 aromatic carbocycles. The first-order valence-corrected chi connectivity index (χ1v) is 3.93. The van der Waals surface area contributed by atoms with Crippen LogP contribution in [0.4, 0.5) is 0 Å². The highest BCUT2D eigenvalue weighted by Crippen LogP contribution is 2.03. The molecule has 0 rings (SSSR count). The Morgan fingerprint density at radius 3 is 2.45 bits per heavy atom. The second kappa shape index (κ2) is 4.94. The monoisotopic (exact) mass is 155 g/mol. The van der Waals surface area contributed by atoms with E-state index in [-0.39, 0.29) is 6.04 Å². The minimum atomic E-state index is -0.0625. The molecule has 64 valence electrons.